The van der Waals surface area contributed by atoms with Crippen molar-refractivity contribution in [2.75, 3.05) is 19.7 Å². The number of piperidine rings is 1. The lowest BCUT2D eigenvalue weighted by Gasteiger charge is -2.31. The third-order valence-corrected chi connectivity index (χ3v) is 3.70. The highest BCUT2D eigenvalue weighted by molar-refractivity contribution is 5.70. The summed E-state index contributed by atoms with van der Waals surface area (Å²) < 4.78 is 5.77. The average Bonchev–Trinajstić information content (AvgIpc) is 2.46. The Hall–Kier alpha value is -1.81. The van der Waals surface area contributed by atoms with Crippen LogP contribution in [0.3, 0.4) is 0 Å². The summed E-state index contributed by atoms with van der Waals surface area (Å²) in [6.07, 6.45) is 1.71. The Labute approximate surface area is 126 Å². The summed E-state index contributed by atoms with van der Waals surface area (Å²) in [5.41, 5.74) is 2.08. The minimum atomic E-state index is -0.688. The van der Waals surface area contributed by atoms with Gasteiger partial charge in [0.1, 0.15) is 12.4 Å². The number of rotatable bonds is 6. The molecule has 1 fully saturated rings. The van der Waals surface area contributed by atoms with Gasteiger partial charge in [0.05, 0.1) is 5.92 Å². The van der Waals surface area contributed by atoms with Crippen molar-refractivity contribution in [2.24, 2.45) is 5.92 Å². The van der Waals surface area contributed by atoms with Crippen molar-refractivity contribution in [3.8, 4) is 5.75 Å². The Morgan fingerprint density at radius 2 is 2.24 bits per heavy atom. The van der Waals surface area contributed by atoms with E-state index >= 15 is 0 Å². The fraction of sp³-hybridized carbons (Fsp3) is 0.471. The van der Waals surface area contributed by atoms with E-state index in [1.165, 1.54) is 0 Å². The average molecular weight is 289 g/mol. The van der Waals surface area contributed by atoms with Crippen molar-refractivity contribution >= 4 is 5.97 Å². The molecular weight excluding hydrogens is 266 g/mol. The summed E-state index contributed by atoms with van der Waals surface area (Å²) in [4.78, 5) is 13.3. The van der Waals surface area contributed by atoms with Gasteiger partial charge in [-0.1, -0.05) is 24.8 Å². The number of carboxylic acids is 1. The maximum absolute atomic E-state index is 11.1. The number of ether oxygens (including phenoxy) is 1. The minimum Gasteiger partial charge on any atom is -0.489 e. The van der Waals surface area contributed by atoms with E-state index in [1.807, 2.05) is 31.2 Å². The third-order valence-electron chi connectivity index (χ3n) is 3.70. The van der Waals surface area contributed by atoms with Crippen LogP contribution in [0.25, 0.3) is 0 Å². The molecule has 0 bridgehead atoms. The molecule has 0 radical (unpaired) electrons. The molecule has 1 aliphatic rings. The Morgan fingerprint density at radius 3 is 2.95 bits per heavy atom. The van der Waals surface area contributed by atoms with Gasteiger partial charge in [-0.15, -0.1) is 0 Å². The van der Waals surface area contributed by atoms with E-state index in [9.17, 15) is 4.79 Å². The van der Waals surface area contributed by atoms with Crippen molar-refractivity contribution in [1.29, 1.82) is 0 Å². The molecule has 1 aromatic carbocycles. The van der Waals surface area contributed by atoms with Gasteiger partial charge in [0.15, 0.2) is 0 Å². The lowest BCUT2D eigenvalue weighted by atomic mass is 9.98. The van der Waals surface area contributed by atoms with Gasteiger partial charge in [-0.05, 0) is 37.9 Å². The molecule has 114 valence electrons. The number of nitrogens with zero attached hydrogens (tertiary/aromatic N) is 1. The molecular formula is C17H23NO3. The molecule has 0 aliphatic carbocycles. The number of para-hydroxylation sites is 1. The molecule has 0 saturated carbocycles. The number of hydrogen-bond donors (Lipinski definition) is 1. The number of carbonyl (C=O) groups is 1. The van der Waals surface area contributed by atoms with Gasteiger partial charge >= 0.3 is 5.97 Å². The van der Waals surface area contributed by atoms with Crippen molar-refractivity contribution in [3.05, 3.63) is 42.0 Å². The van der Waals surface area contributed by atoms with Gasteiger partial charge in [-0.25, -0.2) is 0 Å². The van der Waals surface area contributed by atoms with Crippen molar-refractivity contribution < 1.29 is 14.6 Å². The summed E-state index contributed by atoms with van der Waals surface area (Å²) in [6, 6.07) is 7.93. The largest absolute Gasteiger partial charge is 0.489 e. The first kappa shape index (κ1) is 15.6. The maximum Gasteiger partial charge on any atom is 0.307 e. The van der Waals surface area contributed by atoms with Crippen LogP contribution in [0, 0.1) is 5.92 Å². The SMILES string of the molecule is C=C(C)COc1ccccc1CN1CCCC(C(=O)O)C1. The van der Waals surface area contributed by atoms with E-state index in [-0.39, 0.29) is 5.92 Å². The fourth-order valence-electron chi connectivity index (χ4n) is 2.62. The zero-order chi connectivity index (χ0) is 15.2. The van der Waals surface area contributed by atoms with Crippen molar-refractivity contribution in [1.82, 2.24) is 4.90 Å². The van der Waals surface area contributed by atoms with Gasteiger partial charge < -0.3 is 9.84 Å². The van der Waals surface area contributed by atoms with E-state index in [0.717, 1.165) is 42.8 Å². The van der Waals surface area contributed by atoms with E-state index in [1.54, 1.807) is 0 Å². The molecule has 1 aromatic rings. The van der Waals surface area contributed by atoms with Gasteiger partial charge in [0, 0.05) is 18.7 Å². The van der Waals surface area contributed by atoms with Crippen LogP contribution in [0.15, 0.2) is 36.4 Å². The minimum absolute atomic E-state index is 0.248. The van der Waals surface area contributed by atoms with Crippen molar-refractivity contribution in [3.63, 3.8) is 0 Å². The van der Waals surface area contributed by atoms with Gasteiger partial charge in [-0.3, -0.25) is 9.69 Å². The second-order valence-electron chi connectivity index (χ2n) is 5.77. The second-order valence-corrected chi connectivity index (χ2v) is 5.77. The smallest absolute Gasteiger partial charge is 0.307 e. The van der Waals surface area contributed by atoms with Crippen LogP contribution < -0.4 is 4.74 Å². The topological polar surface area (TPSA) is 49.8 Å². The summed E-state index contributed by atoms with van der Waals surface area (Å²) in [7, 11) is 0. The highest BCUT2D eigenvalue weighted by Gasteiger charge is 2.25. The quantitative estimate of drug-likeness (QED) is 0.818. The molecule has 1 saturated heterocycles. The molecule has 4 nitrogen and oxygen atoms in total. The summed E-state index contributed by atoms with van der Waals surface area (Å²) >= 11 is 0. The van der Waals surface area contributed by atoms with Crippen LogP contribution in [0.5, 0.6) is 5.75 Å². The van der Waals surface area contributed by atoms with Crippen LogP contribution in [-0.4, -0.2) is 35.7 Å². The zero-order valence-electron chi connectivity index (χ0n) is 12.5. The van der Waals surface area contributed by atoms with Gasteiger partial charge in [0.25, 0.3) is 0 Å². The summed E-state index contributed by atoms with van der Waals surface area (Å²) in [6.45, 7) is 8.58. The number of hydrogen-bond acceptors (Lipinski definition) is 3. The Bertz CT molecular complexity index is 513. The normalized spacial score (nSPS) is 19.2. The highest BCUT2D eigenvalue weighted by atomic mass is 16.5. The lowest BCUT2D eigenvalue weighted by molar-refractivity contribution is -0.143. The predicted molar refractivity (Wildman–Crippen MR) is 82.4 cm³/mol. The van der Waals surface area contributed by atoms with Crippen LogP contribution in [-0.2, 0) is 11.3 Å². The van der Waals surface area contributed by atoms with E-state index < -0.39 is 5.97 Å². The molecule has 1 unspecified atom stereocenters. The third kappa shape index (κ3) is 4.60. The Balaban J connectivity index is 2.01. The van der Waals surface area contributed by atoms with E-state index in [4.69, 9.17) is 9.84 Å². The number of benzene rings is 1. The van der Waals surface area contributed by atoms with E-state index in [2.05, 4.69) is 11.5 Å². The number of likely N-dealkylation sites (tertiary alicyclic amines) is 1. The van der Waals surface area contributed by atoms with Crippen LogP contribution in [0.2, 0.25) is 0 Å². The maximum atomic E-state index is 11.1. The van der Waals surface area contributed by atoms with Gasteiger partial charge in [0.2, 0.25) is 0 Å². The molecule has 4 heteroatoms. The molecule has 0 aromatic heterocycles. The van der Waals surface area contributed by atoms with Crippen LogP contribution >= 0.6 is 0 Å². The molecule has 0 amide bonds. The van der Waals surface area contributed by atoms with Gasteiger partial charge in [-0.2, -0.15) is 0 Å². The number of carboxylic acid groups (broad SMARTS) is 1. The van der Waals surface area contributed by atoms with Crippen LogP contribution in [0.1, 0.15) is 25.3 Å². The molecule has 1 aliphatic heterocycles. The molecule has 2 rings (SSSR count). The highest BCUT2D eigenvalue weighted by Crippen LogP contribution is 2.24. The zero-order valence-corrected chi connectivity index (χ0v) is 12.5. The van der Waals surface area contributed by atoms with Crippen molar-refractivity contribution in [2.45, 2.75) is 26.3 Å². The summed E-state index contributed by atoms with van der Waals surface area (Å²) in [5, 5.41) is 9.16. The molecule has 0 spiro atoms. The fourth-order valence-corrected chi connectivity index (χ4v) is 2.62. The number of aliphatic carboxylic acids is 1. The molecule has 1 heterocycles. The van der Waals surface area contributed by atoms with E-state index in [0.29, 0.717) is 13.2 Å². The second kappa shape index (κ2) is 7.27. The predicted octanol–water partition coefficient (Wildman–Crippen LogP) is 2.94. The first-order valence-electron chi connectivity index (χ1n) is 7.36. The molecule has 21 heavy (non-hydrogen) atoms. The first-order valence-corrected chi connectivity index (χ1v) is 7.36. The first-order chi connectivity index (χ1) is 10.1. The standard InChI is InChI=1S/C17H23NO3/c1-13(2)12-21-16-8-4-3-6-14(16)10-18-9-5-7-15(11-18)17(19)20/h3-4,6,8,15H,1,5,7,9-12H2,2H3,(H,19,20). The van der Waals surface area contributed by atoms with Crippen LogP contribution in [0.4, 0.5) is 0 Å². The molecule has 1 N–H and O–H groups in total. The Kier molecular flexibility index (Phi) is 5.39. The lowest BCUT2D eigenvalue weighted by Crippen LogP contribution is -2.38. The summed E-state index contributed by atoms with van der Waals surface area (Å²) in [5.74, 6) is -0.0771. The monoisotopic (exact) mass is 289 g/mol. The molecule has 1 atom stereocenters. The Morgan fingerprint density at radius 1 is 1.48 bits per heavy atom.